The number of ether oxygens (including phenoxy) is 1. The molecular weight excluding hydrogens is 312 g/mol. The summed E-state index contributed by atoms with van der Waals surface area (Å²) in [5, 5.41) is 0. The first-order valence-electron chi connectivity index (χ1n) is 9.55. The molecule has 0 spiro atoms. The van der Waals surface area contributed by atoms with E-state index in [1.807, 2.05) is 36.1 Å². The van der Waals surface area contributed by atoms with E-state index in [1.54, 1.807) is 0 Å². The highest BCUT2D eigenvalue weighted by Gasteiger charge is 2.36. The van der Waals surface area contributed by atoms with Crippen molar-refractivity contribution in [3.8, 4) is 5.75 Å². The van der Waals surface area contributed by atoms with Crippen LogP contribution in [0.2, 0.25) is 0 Å². The van der Waals surface area contributed by atoms with Gasteiger partial charge in [-0.05, 0) is 49.7 Å². The van der Waals surface area contributed by atoms with Crippen LogP contribution < -0.4 is 4.74 Å². The Kier molecular flexibility index (Phi) is 4.80. The fraction of sp³-hybridized carbons (Fsp3) is 0.571. The number of carbonyl (C=O) groups is 1. The summed E-state index contributed by atoms with van der Waals surface area (Å²) in [6.07, 6.45) is 7.58. The lowest BCUT2D eigenvalue weighted by Gasteiger charge is -2.36. The van der Waals surface area contributed by atoms with Crippen molar-refractivity contribution in [1.29, 1.82) is 0 Å². The van der Waals surface area contributed by atoms with Crippen molar-refractivity contribution in [2.45, 2.75) is 19.8 Å². The van der Waals surface area contributed by atoms with Crippen LogP contribution in [0.1, 0.15) is 18.4 Å². The number of piperazine rings is 1. The van der Waals surface area contributed by atoms with Crippen molar-refractivity contribution >= 4 is 5.91 Å². The van der Waals surface area contributed by atoms with Gasteiger partial charge in [-0.3, -0.25) is 9.69 Å². The molecular formula is C21H28N2O2. The zero-order valence-electron chi connectivity index (χ0n) is 15.1. The van der Waals surface area contributed by atoms with E-state index >= 15 is 0 Å². The SMILES string of the molecule is Cc1ccc(OCC(=O)N2CCN(C[C@@H]3C[C@@H]4C=C[C@@H]3C4)CC2)cc1. The van der Waals surface area contributed by atoms with Gasteiger partial charge in [-0.1, -0.05) is 29.8 Å². The average Bonchev–Trinajstić information content (AvgIpc) is 3.25. The van der Waals surface area contributed by atoms with Gasteiger partial charge >= 0.3 is 0 Å². The van der Waals surface area contributed by atoms with E-state index in [2.05, 4.69) is 17.1 Å². The summed E-state index contributed by atoms with van der Waals surface area (Å²) < 4.78 is 5.63. The summed E-state index contributed by atoms with van der Waals surface area (Å²) in [6, 6.07) is 7.85. The number of benzene rings is 1. The van der Waals surface area contributed by atoms with E-state index in [4.69, 9.17) is 4.74 Å². The van der Waals surface area contributed by atoms with Gasteiger partial charge in [0.05, 0.1) is 0 Å². The van der Waals surface area contributed by atoms with Crippen LogP contribution in [0.15, 0.2) is 36.4 Å². The molecule has 0 N–H and O–H groups in total. The number of rotatable bonds is 5. The van der Waals surface area contributed by atoms with Gasteiger partial charge in [0, 0.05) is 32.7 Å². The molecule has 0 radical (unpaired) electrons. The number of nitrogens with zero attached hydrogens (tertiary/aromatic N) is 2. The molecule has 3 aliphatic rings. The van der Waals surface area contributed by atoms with Crippen LogP contribution in [0, 0.1) is 24.7 Å². The van der Waals surface area contributed by atoms with Gasteiger partial charge in [0.1, 0.15) is 5.75 Å². The third-order valence-electron chi connectivity index (χ3n) is 6.02. The van der Waals surface area contributed by atoms with Crippen LogP contribution in [-0.4, -0.2) is 55.0 Å². The Balaban J connectivity index is 1.19. The molecule has 1 amide bonds. The molecule has 1 saturated carbocycles. The minimum Gasteiger partial charge on any atom is -0.484 e. The highest BCUT2D eigenvalue weighted by atomic mass is 16.5. The molecule has 1 aromatic carbocycles. The Hall–Kier alpha value is -1.81. The molecule has 1 aromatic rings. The molecule has 2 bridgehead atoms. The van der Waals surface area contributed by atoms with E-state index in [-0.39, 0.29) is 12.5 Å². The Morgan fingerprint density at radius 2 is 1.84 bits per heavy atom. The third-order valence-corrected chi connectivity index (χ3v) is 6.02. The number of allylic oxidation sites excluding steroid dienone is 2. The second-order valence-corrected chi connectivity index (χ2v) is 7.82. The monoisotopic (exact) mass is 340 g/mol. The molecule has 4 rings (SSSR count). The minimum absolute atomic E-state index is 0.100. The molecule has 4 nitrogen and oxygen atoms in total. The molecule has 1 aliphatic heterocycles. The fourth-order valence-electron chi connectivity index (χ4n) is 4.49. The molecule has 4 heteroatoms. The fourth-order valence-corrected chi connectivity index (χ4v) is 4.49. The summed E-state index contributed by atoms with van der Waals surface area (Å²) >= 11 is 0. The Labute approximate surface area is 150 Å². The van der Waals surface area contributed by atoms with Crippen LogP contribution >= 0.6 is 0 Å². The second-order valence-electron chi connectivity index (χ2n) is 7.82. The lowest BCUT2D eigenvalue weighted by Crippen LogP contribution is -2.51. The van der Waals surface area contributed by atoms with Crippen molar-refractivity contribution in [1.82, 2.24) is 9.80 Å². The number of fused-ring (bicyclic) bond motifs is 2. The second kappa shape index (κ2) is 7.20. The molecule has 0 aromatic heterocycles. The van der Waals surface area contributed by atoms with Crippen molar-refractivity contribution < 1.29 is 9.53 Å². The molecule has 1 saturated heterocycles. The maximum absolute atomic E-state index is 12.4. The minimum atomic E-state index is 0.100. The third kappa shape index (κ3) is 3.90. The Morgan fingerprint density at radius 1 is 1.08 bits per heavy atom. The molecule has 2 fully saturated rings. The Bertz CT molecular complexity index is 632. The van der Waals surface area contributed by atoms with E-state index in [0.717, 1.165) is 49.7 Å². The van der Waals surface area contributed by atoms with Crippen LogP contribution in [0.25, 0.3) is 0 Å². The summed E-state index contributed by atoms with van der Waals surface area (Å²) in [5.74, 6) is 3.36. The van der Waals surface area contributed by atoms with Gasteiger partial charge in [-0.25, -0.2) is 0 Å². The molecule has 1 heterocycles. The van der Waals surface area contributed by atoms with E-state index < -0.39 is 0 Å². The standard InChI is InChI=1S/C21H28N2O2/c1-16-2-6-20(7-3-16)25-15-21(24)23-10-8-22(9-11-23)14-19-13-17-4-5-18(19)12-17/h2-7,17-19H,8-15H2,1H3/t17-,18-,19+/m1/s1. The van der Waals surface area contributed by atoms with E-state index in [9.17, 15) is 4.79 Å². The molecule has 134 valence electrons. The largest absolute Gasteiger partial charge is 0.484 e. The Morgan fingerprint density at radius 3 is 2.48 bits per heavy atom. The zero-order valence-corrected chi connectivity index (χ0v) is 15.1. The summed E-state index contributed by atoms with van der Waals surface area (Å²) in [7, 11) is 0. The summed E-state index contributed by atoms with van der Waals surface area (Å²) in [4.78, 5) is 16.9. The maximum Gasteiger partial charge on any atom is 0.260 e. The number of amides is 1. The van der Waals surface area contributed by atoms with Gasteiger partial charge < -0.3 is 9.64 Å². The number of carbonyl (C=O) groups excluding carboxylic acids is 1. The van der Waals surface area contributed by atoms with Crippen molar-refractivity contribution in [2.24, 2.45) is 17.8 Å². The van der Waals surface area contributed by atoms with Gasteiger partial charge in [-0.2, -0.15) is 0 Å². The first-order valence-corrected chi connectivity index (χ1v) is 9.55. The number of aryl methyl sites for hydroxylation is 1. The first-order chi connectivity index (χ1) is 12.2. The molecule has 25 heavy (non-hydrogen) atoms. The first kappa shape index (κ1) is 16.6. The molecule has 0 unspecified atom stereocenters. The highest BCUT2D eigenvalue weighted by molar-refractivity contribution is 5.77. The van der Waals surface area contributed by atoms with E-state index in [1.165, 1.54) is 24.9 Å². The van der Waals surface area contributed by atoms with Crippen molar-refractivity contribution in [3.05, 3.63) is 42.0 Å². The predicted octanol–water partition coefficient (Wildman–Crippen LogP) is 2.73. The predicted molar refractivity (Wildman–Crippen MR) is 98.5 cm³/mol. The van der Waals surface area contributed by atoms with Crippen molar-refractivity contribution in [3.63, 3.8) is 0 Å². The number of hydrogen-bond donors (Lipinski definition) is 0. The van der Waals surface area contributed by atoms with Gasteiger partial charge in [0.25, 0.3) is 5.91 Å². The van der Waals surface area contributed by atoms with Gasteiger partial charge in [0.2, 0.25) is 0 Å². The lowest BCUT2D eigenvalue weighted by atomic mass is 9.93. The maximum atomic E-state index is 12.4. The van der Waals surface area contributed by atoms with Gasteiger partial charge in [-0.15, -0.1) is 0 Å². The smallest absolute Gasteiger partial charge is 0.260 e. The van der Waals surface area contributed by atoms with Crippen LogP contribution in [0.4, 0.5) is 0 Å². The number of hydrogen-bond acceptors (Lipinski definition) is 3. The normalized spacial score (nSPS) is 28.5. The van der Waals surface area contributed by atoms with Crippen LogP contribution in [0.3, 0.4) is 0 Å². The van der Waals surface area contributed by atoms with Crippen molar-refractivity contribution in [2.75, 3.05) is 39.3 Å². The zero-order chi connectivity index (χ0) is 17.2. The topological polar surface area (TPSA) is 32.8 Å². The van der Waals surface area contributed by atoms with Gasteiger partial charge in [0.15, 0.2) is 6.61 Å². The lowest BCUT2D eigenvalue weighted by molar-refractivity contribution is -0.135. The highest BCUT2D eigenvalue weighted by Crippen LogP contribution is 2.43. The molecule has 2 aliphatic carbocycles. The van der Waals surface area contributed by atoms with E-state index in [0.29, 0.717) is 0 Å². The van der Waals surface area contributed by atoms with Crippen LogP contribution in [-0.2, 0) is 4.79 Å². The molecule has 3 atom stereocenters. The van der Waals surface area contributed by atoms with Crippen LogP contribution in [0.5, 0.6) is 5.75 Å². The summed E-state index contributed by atoms with van der Waals surface area (Å²) in [5.41, 5.74) is 1.20. The summed E-state index contributed by atoms with van der Waals surface area (Å²) in [6.45, 7) is 7.02. The average molecular weight is 340 g/mol. The quantitative estimate of drug-likeness (QED) is 0.773.